The molecule has 0 amide bonds. The average molecular weight is 356 g/mol. The molecule has 0 unspecified atom stereocenters. The van der Waals surface area contributed by atoms with Crippen LogP contribution in [0.5, 0.6) is 0 Å². The Hall–Kier alpha value is -2.67. The first-order chi connectivity index (χ1) is 12.0. The van der Waals surface area contributed by atoms with Crippen molar-refractivity contribution in [2.24, 2.45) is 0 Å². The Labute approximate surface area is 147 Å². The van der Waals surface area contributed by atoms with Crippen LogP contribution >= 0.6 is 11.6 Å². The molecule has 8 heteroatoms. The summed E-state index contributed by atoms with van der Waals surface area (Å²) in [6.45, 7) is 3.85. The molecular formula is C17H14ClN5O2. The van der Waals surface area contributed by atoms with Crippen molar-refractivity contribution in [2.75, 3.05) is 0 Å². The second kappa shape index (κ2) is 4.70. The van der Waals surface area contributed by atoms with Gasteiger partial charge in [0.1, 0.15) is 23.1 Å². The number of hydrogen-bond acceptors (Lipinski definition) is 5. The molecule has 1 fully saturated rings. The van der Waals surface area contributed by atoms with Crippen LogP contribution in [-0.4, -0.2) is 19.5 Å². The third-order valence-electron chi connectivity index (χ3n) is 4.98. The number of hydrogen-bond donors (Lipinski definition) is 0. The average Bonchev–Trinajstić information content (AvgIpc) is 3.04. The zero-order valence-electron chi connectivity index (χ0n) is 13.7. The first kappa shape index (κ1) is 14.7. The van der Waals surface area contributed by atoms with Gasteiger partial charge in [-0.3, -0.25) is 4.40 Å². The van der Waals surface area contributed by atoms with Crippen LogP contribution in [-0.2, 0) is 5.41 Å². The molecule has 0 atom stereocenters. The second-order valence-electron chi connectivity index (χ2n) is 6.81. The number of imidazole rings is 1. The Morgan fingerprint density at radius 2 is 2.16 bits per heavy atom. The molecule has 0 N–H and O–H groups in total. The molecule has 4 aromatic rings. The summed E-state index contributed by atoms with van der Waals surface area (Å²) < 4.78 is 8.15. The fourth-order valence-corrected chi connectivity index (χ4v) is 3.31. The highest BCUT2D eigenvalue weighted by atomic mass is 35.5. The number of aryl methyl sites for hydroxylation is 1. The highest BCUT2D eigenvalue weighted by molar-refractivity contribution is 6.31. The Balaban J connectivity index is 1.79. The van der Waals surface area contributed by atoms with Gasteiger partial charge in [0.05, 0.1) is 0 Å². The van der Waals surface area contributed by atoms with Crippen LogP contribution in [0.3, 0.4) is 0 Å². The minimum absolute atomic E-state index is 0.0161. The van der Waals surface area contributed by atoms with Gasteiger partial charge in [0, 0.05) is 23.4 Å². The maximum Gasteiger partial charge on any atom is 0.242 e. The van der Waals surface area contributed by atoms with E-state index in [2.05, 4.69) is 22.0 Å². The van der Waals surface area contributed by atoms with Crippen molar-refractivity contribution < 1.29 is 9.25 Å². The summed E-state index contributed by atoms with van der Waals surface area (Å²) >= 11 is 6.04. The largest absolute Gasteiger partial charge is 0.618 e. The molecule has 0 aliphatic heterocycles. The quantitative estimate of drug-likeness (QED) is 0.407. The zero-order valence-corrected chi connectivity index (χ0v) is 14.4. The summed E-state index contributed by atoms with van der Waals surface area (Å²) in [5.41, 5.74) is 2.90. The van der Waals surface area contributed by atoms with Crippen LogP contribution in [0.25, 0.3) is 28.1 Å². The van der Waals surface area contributed by atoms with Gasteiger partial charge in [-0.25, -0.2) is 4.98 Å². The van der Waals surface area contributed by atoms with Gasteiger partial charge in [0.2, 0.25) is 22.9 Å². The lowest BCUT2D eigenvalue weighted by atomic mass is 10.1. The van der Waals surface area contributed by atoms with E-state index < -0.39 is 0 Å². The van der Waals surface area contributed by atoms with Gasteiger partial charge in [0.15, 0.2) is 0 Å². The SMILES string of the molecule is Cc1c2c(-c3noc(C4(C)CC4)n3)ncn2c2ccc(Cl)cc2[n+]1[O-]. The molecule has 0 bridgehead atoms. The number of nitrogens with zero attached hydrogens (tertiary/aromatic N) is 5. The van der Waals surface area contributed by atoms with Crippen LogP contribution in [0.15, 0.2) is 29.0 Å². The fraction of sp³-hybridized carbons (Fsp3) is 0.294. The molecule has 0 radical (unpaired) electrons. The van der Waals surface area contributed by atoms with E-state index in [1.54, 1.807) is 31.5 Å². The summed E-state index contributed by atoms with van der Waals surface area (Å²) in [5.74, 6) is 1.03. The lowest BCUT2D eigenvalue weighted by Crippen LogP contribution is -2.32. The molecule has 7 nitrogen and oxygen atoms in total. The third kappa shape index (κ3) is 1.99. The first-order valence-electron chi connectivity index (χ1n) is 8.01. The second-order valence-corrected chi connectivity index (χ2v) is 7.24. The van der Waals surface area contributed by atoms with Crippen LogP contribution < -0.4 is 4.73 Å². The molecule has 25 heavy (non-hydrogen) atoms. The van der Waals surface area contributed by atoms with Crippen LogP contribution in [0.1, 0.15) is 31.4 Å². The van der Waals surface area contributed by atoms with Crippen molar-refractivity contribution in [2.45, 2.75) is 32.1 Å². The predicted octanol–water partition coefficient (Wildman–Crippen LogP) is 3.18. The van der Waals surface area contributed by atoms with E-state index in [0.29, 0.717) is 39.2 Å². The van der Waals surface area contributed by atoms with Crippen molar-refractivity contribution >= 4 is 28.2 Å². The molecule has 1 aliphatic rings. The molecule has 0 spiro atoms. The van der Waals surface area contributed by atoms with Crippen molar-refractivity contribution in [1.82, 2.24) is 19.5 Å². The molecule has 3 aromatic heterocycles. The molecule has 1 aliphatic carbocycles. The van der Waals surface area contributed by atoms with E-state index >= 15 is 0 Å². The van der Waals surface area contributed by atoms with Gasteiger partial charge in [-0.15, -0.1) is 0 Å². The Morgan fingerprint density at radius 1 is 1.36 bits per heavy atom. The van der Waals surface area contributed by atoms with Crippen LogP contribution in [0.4, 0.5) is 0 Å². The maximum atomic E-state index is 12.7. The fourth-order valence-electron chi connectivity index (χ4n) is 3.15. The van der Waals surface area contributed by atoms with Gasteiger partial charge in [0.25, 0.3) is 0 Å². The molecule has 0 saturated heterocycles. The van der Waals surface area contributed by atoms with Crippen molar-refractivity contribution in [3.8, 4) is 11.5 Å². The third-order valence-corrected chi connectivity index (χ3v) is 5.22. The van der Waals surface area contributed by atoms with Crippen LogP contribution in [0.2, 0.25) is 5.02 Å². The summed E-state index contributed by atoms with van der Waals surface area (Å²) in [7, 11) is 0. The summed E-state index contributed by atoms with van der Waals surface area (Å²) in [5, 5.41) is 17.3. The van der Waals surface area contributed by atoms with Crippen molar-refractivity contribution in [3.05, 3.63) is 46.3 Å². The highest BCUT2D eigenvalue weighted by Gasteiger charge is 2.44. The Kier molecular flexibility index (Phi) is 2.75. The first-order valence-corrected chi connectivity index (χ1v) is 8.39. The van der Waals surface area contributed by atoms with E-state index in [-0.39, 0.29) is 5.41 Å². The van der Waals surface area contributed by atoms with E-state index in [1.807, 2.05) is 4.40 Å². The number of fused-ring (bicyclic) bond motifs is 3. The smallest absolute Gasteiger partial charge is 0.242 e. The lowest BCUT2D eigenvalue weighted by molar-refractivity contribution is -0.583. The van der Waals surface area contributed by atoms with E-state index in [9.17, 15) is 5.21 Å². The lowest BCUT2D eigenvalue weighted by Gasteiger charge is -2.08. The number of benzene rings is 1. The maximum absolute atomic E-state index is 12.7. The molecule has 1 aromatic carbocycles. The Bertz CT molecular complexity index is 1160. The van der Waals surface area contributed by atoms with Gasteiger partial charge >= 0.3 is 0 Å². The summed E-state index contributed by atoms with van der Waals surface area (Å²) in [6.07, 6.45) is 3.76. The molecule has 5 rings (SSSR count). The van der Waals surface area contributed by atoms with Crippen molar-refractivity contribution in [1.29, 1.82) is 0 Å². The highest BCUT2D eigenvalue weighted by Crippen LogP contribution is 2.47. The number of halogens is 1. The predicted molar refractivity (Wildman–Crippen MR) is 91.3 cm³/mol. The van der Waals surface area contributed by atoms with E-state index in [4.69, 9.17) is 16.1 Å². The topological polar surface area (TPSA) is 83.2 Å². The molecule has 1 saturated carbocycles. The number of rotatable bonds is 2. The van der Waals surface area contributed by atoms with E-state index in [0.717, 1.165) is 23.1 Å². The molecule has 3 heterocycles. The summed E-state index contributed by atoms with van der Waals surface area (Å²) in [6, 6.07) is 5.20. The van der Waals surface area contributed by atoms with Crippen LogP contribution in [0, 0.1) is 12.1 Å². The van der Waals surface area contributed by atoms with Crippen molar-refractivity contribution in [3.63, 3.8) is 0 Å². The molecular weight excluding hydrogens is 342 g/mol. The van der Waals surface area contributed by atoms with Gasteiger partial charge in [-0.2, -0.15) is 9.71 Å². The molecule has 126 valence electrons. The standard InChI is InChI=1S/C17H14ClN5O2/c1-9-14-13(15-20-16(25-21-15)17(2)5-6-17)19-8-22(14)11-4-3-10(18)7-12(11)23(9)24/h3-4,7-8H,5-6H2,1-2H3. The normalized spacial score (nSPS) is 16.0. The minimum Gasteiger partial charge on any atom is -0.618 e. The zero-order chi connectivity index (χ0) is 17.3. The van der Waals surface area contributed by atoms with Gasteiger partial charge in [-0.1, -0.05) is 23.7 Å². The van der Waals surface area contributed by atoms with Gasteiger partial charge < -0.3 is 9.73 Å². The number of aromatic nitrogens is 5. The monoisotopic (exact) mass is 355 g/mol. The Morgan fingerprint density at radius 3 is 2.92 bits per heavy atom. The van der Waals surface area contributed by atoms with Gasteiger partial charge in [-0.05, 0) is 25.0 Å². The minimum atomic E-state index is -0.0161. The summed E-state index contributed by atoms with van der Waals surface area (Å²) in [4.78, 5) is 8.96. The van der Waals surface area contributed by atoms with E-state index in [1.165, 1.54) is 0 Å².